The number of methoxy groups -OCH3 is 1. The van der Waals surface area contributed by atoms with Crippen LogP contribution in [0.3, 0.4) is 0 Å². The molecule has 1 amide bonds. The lowest BCUT2D eigenvalue weighted by atomic mass is 10.2. The molecule has 3 rings (SSSR count). The normalized spacial score (nSPS) is 12.7. The number of sulfonamides is 1. The highest BCUT2D eigenvalue weighted by atomic mass is 32.2. The molecule has 0 bridgehead atoms. The number of nitrogens with zero attached hydrogens (tertiary/aromatic N) is 3. The summed E-state index contributed by atoms with van der Waals surface area (Å²) in [7, 11) is 0.997. The van der Waals surface area contributed by atoms with E-state index in [1.54, 1.807) is 7.11 Å². The zero-order valence-electron chi connectivity index (χ0n) is 16.0. The molecule has 28 heavy (non-hydrogen) atoms. The van der Waals surface area contributed by atoms with Crippen LogP contribution in [0.5, 0.6) is 5.75 Å². The molecule has 148 valence electrons. The Hall–Kier alpha value is -2.49. The smallest absolute Gasteiger partial charge is 0.279 e. The minimum absolute atomic E-state index is 0.131. The van der Waals surface area contributed by atoms with E-state index in [0.717, 1.165) is 20.3 Å². The van der Waals surface area contributed by atoms with Crippen molar-refractivity contribution in [3.05, 3.63) is 52.8 Å². The fourth-order valence-corrected chi connectivity index (χ4v) is 4.73. The molecule has 0 N–H and O–H groups in total. The average Bonchev–Trinajstić information content (AvgIpc) is 3.03. The van der Waals surface area contributed by atoms with Gasteiger partial charge in [0, 0.05) is 26.2 Å². The van der Waals surface area contributed by atoms with E-state index in [1.807, 2.05) is 29.7 Å². The third-order valence-corrected chi connectivity index (χ3v) is 7.15. The van der Waals surface area contributed by atoms with Gasteiger partial charge in [-0.3, -0.25) is 4.79 Å². The van der Waals surface area contributed by atoms with Gasteiger partial charge in [-0.2, -0.15) is 4.99 Å². The molecular weight excluding hydrogens is 398 g/mol. The maximum Gasteiger partial charge on any atom is 0.279 e. The molecule has 0 fully saturated rings. The predicted octanol–water partition coefficient (Wildman–Crippen LogP) is 2.72. The standard InChI is InChI=1S/C19H21N3O4S2/c1-5-22-16-11-8-14(26-4)12-17(16)27-19(22)20-18(23)13-6-9-15(10-7-13)28(24,25)21(2)3/h6-12H,5H2,1-4H3. The predicted molar refractivity (Wildman–Crippen MR) is 109 cm³/mol. The molecule has 0 unspecified atom stereocenters. The SMILES string of the molecule is CCn1c(=NC(=O)c2ccc(S(=O)(=O)N(C)C)cc2)sc2cc(OC)ccc21. The molecular formula is C19H21N3O4S2. The van der Waals surface area contributed by atoms with Crippen molar-refractivity contribution in [3.8, 4) is 5.75 Å². The molecule has 0 aliphatic heterocycles. The number of carbonyl (C=O) groups excluding carboxylic acids is 1. The fourth-order valence-electron chi connectivity index (χ4n) is 2.70. The van der Waals surface area contributed by atoms with E-state index in [-0.39, 0.29) is 4.90 Å². The van der Waals surface area contributed by atoms with Crippen molar-refractivity contribution in [2.75, 3.05) is 21.2 Å². The maximum atomic E-state index is 12.6. The molecule has 0 aliphatic carbocycles. The van der Waals surface area contributed by atoms with Crippen LogP contribution >= 0.6 is 11.3 Å². The summed E-state index contributed by atoms with van der Waals surface area (Å²) in [6, 6.07) is 11.5. The number of carbonyl (C=O) groups is 1. The minimum Gasteiger partial charge on any atom is -0.497 e. The molecule has 0 atom stereocenters. The van der Waals surface area contributed by atoms with Crippen LogP contribution in [0.1, 0.15) is 17.3 Å². The molecule has 7 nitrogen and oxygen atoms in total. The van der Waals surface area contributed by atoms with Crippen LogP contribution in [-0.2, 0) is 16.6 Å². The van der Waals surface area contributed by atoms with Crippen molar-refractivity contribution < 1.29 is 17.9 Å². The minimum atomic E-state index is -3.54. The summed E-state index contributed by atoms with van der Waals surface area (Å²) in [5, 5.41) is 0. The third-order valence-electron chi connectivity index (χ3n) is 4.28. The van der Waals surface area contributed by atoms with Gasteiger partial charge >= 0.3 is 0 Å². The fraction of sp³-hybridized carbons (Fsp3) is 0.263. The first-order valence-electron chi connectivity index (χ1n) is 8.57. The summed E-state index contributed by atoms with van der Waals surface area (Å²) >= 11 is 1.41. The largest absolute Gasteiger partial charge is 0.497 e. The Bertz CT molecular complexity index is 1190. The molecule has 2 aromatic carbocycles. The van der Waals surface area contributed by atoms with Gasteiger partial charge in [-0.25, -0.2) is 12.7 Å². The number of benzene rings is 2. The molecule has 3 aromatic rings. The van der Waals surface area contributed by atoms with Crippen molar-refractivity contribution in [1.29, 1.82) is 0 Å². The van der Waals surface area contributed by atoms with Crippen LogP contribution < -0.4 is 9.54 Å². The molecule has 0 radical (unpaired) electrons. The second kappa shape index (κ2) is 7.86. The lowest BCUT2D eigenvalue weighted by molar-refractivity contribution is 0.0997. The average molecular weight is 420 g/mol. The molecule has 1 heterocycles. The Kier molecular flexibility index (Phi) is 5.69. The van der Waals surface area contributed by atoms with Crippen molar-refractivity contribution >= 4 is 37.5 Å². The lowest BCUT2D eigenvalue weighted by Crippen LogP contribution is -2.22. The van der Waals surface area contributed by atoms with Crippen LogP contribution in [0.2, 0.25) is 0 Å². The number of fused-ring (bicyclic) bond motifs is 1. The first kappa shape index (κ1) is 20.2. The van der Waals surface area contributed by atoms with Crippen molar-refractivity contribution in [1.82, 2.24) is 8.87 Å². The van der Waals surface area contributed by atoms with Gasteiger partial charge in [-0.15, -0.1) is 0 Å². The summed E-state index contributed by atoms with van der Waals surface area (Å²) in [6.45, 7) is 2.65. The molecule has 0 spiro atoms. The van der Waals surface area contributed by atoms with Crippen LogP contribution in [-0.4, -0.2) is 44.4 Å². The Morgan fingerprint density at radius 2 is 1.86 bits per heavy atom. The topological polar surface area (TPSA) is 81.0 Å². The van der Waals surface area contributed by atoms with Crippen LogP contribution in [0, 0.1) is 0 Å². The Labute approximate surface area is 167 Å². The van der Waals surface area contributed by atoms with E-state index < -0.39 is 15.9 Å². The van der Waals surface area contributed by atoms with Crippen LogP contribution in [0.15, 0.2) is 52.4 Å². The Morgan fingerprint density at radius 3 is 2.43 bits per heavy atom. The van der Waals surface area contributed by atoms with E-state index in [4.69, 9.17) is 4.74 Å². The number of thiazole rings is 1. The second-order valence-corrected chi connectivity index (χ2v) is 9.35. The van der Waals surface area contributed by atoms with Gasteiger partial charge in [0.15, 0.2) is 4.80 Å². The van der Waals surface area contributed by atoms with Gasteiger partial charge in [-0.1, -0.05) is 11.3 Å². The molecule has 0 saturated carbocycles. The summed E-state index contributed by atoms with van der Waals surface area (Å²) in [5.74, 6) is 0.321. The quantitative estimate of drug-likeness (QED) is 0.637. The highest BCUT2D eigenvalue weighted by Gasteiger charge is 2.17. The number of hydrogen-bond acceptors (Lipinski definition) is 5. The highest BCUT2D eigenvalue weighted by molar-refractivity contribution is 7.89. The third kappa shape index (κ3) is 3.73. The molecule has 1 aromatic heterocycles. The van der Waals surface area contributed by atoms with Crippen LogP contribution in [0.4, 0.5) is 0 Å². The van der Waals surface area contributed by atoms with E-state index in [0.29, 0.717) is 16.9 Å². The highest BCUT2D eigenvalue weighted by Crippen LogP contribution is 2.23. The number of hydrogen-bond donors (Lipinski definition) is 0. The van der Waals surface area contributed by atoms with E-state index in [9.17, 15) is 13.2 Å². The van der Waals surface area contributed by atoms with Gasteiger partial charge in [-0.05, 0) is 49.4 Å². The van der Waals surface area contributed by atoms with Crippen molar-refractivity contribution in [3.63, 3.8) is 0 Å². The summed E-state index contributed by atoms with van der Waals surface area (Å²) in [6.07, 6.45) is 0. The lowest BCUT2D eigenvalue weighted by Gasteiger charge is -2.11. The second-order valence-electron chi connectivity index (χ2n) is 6.19. The van der Waals surface area contributed by atoms with Crippen molar-refractivity contribution in [2.45, 2.75) is 18.4 Å². The summed E-state index contributed by atoms with van der Waals surface area (Å²) < 4.78 is 33.6. The first-order valence-corrected chi connectivity index (χ1v) is 10.8. The Morgan fingerprint density at radius 1 is 1.18 bits per heavy atom. The van der Waals surface area contributed by atoms with Gasteiger partial charge < -0.3 is 9.30 Å². The monoisotopic (exact) mass is 419 g/mol. The molecule has 0 aliphatic rings. The van der Waals surface area contributed by atoms with Gasteiger partial charge in [0.05, 0.1) is 22.2 Å². The number of aromatic nitrogens is 1. The van der Waals surface area contributed by atoms with Crippen molar-refractivity contribution in [2.24, 2.45) is 4.99 Å². The van der Waals surface area contributed by atoms with Crippen LogP contribution in [0.25, 0.3) is 10.2 Å². The summed E-state index contributed by atoms with van der Waals surface area (Å²) in [4.78, 5) is 17.6. The van der Waals surface area contributed by atoms with Gasteiger partial charge in [0.25, 0.3) is 5.91 Å². The number of rotatable bonds is 5. The number of ether oxygens (including phenoxy) is 1. The summed E-state index contributed by atoms with van der Waals surface area (Å²) in [5.41, 5.74) is 1.31. The zero-order chi connectivity index (χ0) is 20.5. The Balaban J connectivity index is 2.01. The number of amides is 1. The van der Waals surface area contributed by atoms with E-state index >= 15 is 0 Å². The zero-order valence-corrected chi connectivity index (χ0v) is 17.7. The van der Waals surface area contributed by atoms with E-state index in [1.165, 1.54) is 49.7 Å². The maximum absolute atomic E-state index is 12.6. The van der Waals surface area contributed by atoms with E-state index in [2.05, 4.69) is 4.99 Å². The number of aryl methyl sites for hydroxylation is 1. The molecule has 9 heteroatoms. The van der Waals surface area contributed by atoms with Gasteiger partial charge in [0.1, 0.15) is 5.75 Å². The first-order chi connectivity index (χ1) is 13.3. The van der Waals surface area contributed by atoms with Gasteiger partial charge in [0.2, 0.25) is 10.0 Å². The molecule has 0 saturated heterocycles.